The van der Waals surface area contributed by atoms with Crippen LogP contribution in [0.25, 0.3) is 0 Å². The molecule has 0 aromatic carbocycles. The summed E-state index contributed by atoms with van der Waals surface area (Å²) in [6.45, 7) is 9.91. The molecule has 0 aliphatic carbocycles. The Morgan fingerprint density at radius 2 is 2.00 bits per heavy atom. The first kappa shape index (κ1) is 11.0. The molecule has 3 atom stereocenters. The van der Waals surface area contributed by atoms with E-state index in [0.717, 1.165) is 6.54 Å². The standard InChI is InChI=1S/C11H23NO/c1-8(2)10(4)12-7-11-6-5-9(3)13-11/h8-12H,5-7H2,1-4H3. The molecule has 2 nitrogen and oxygen atoms in total. The highest BCUT2D eigenvalue weighted by Crippen LogP contribution is 2.18. The van der Waals surface area contributed by atoms with Gasteiger partial charge in [0.15, 0.2) is 0 Å². The molecule has 1 aliphatic rings. The van der Waals surface area contributed by atoms with Gasteiger partial charge in [0.05, 0.1) is 12.2 Å². The van der Waals surface area contributed by atoms with E-state index in [0.29, 0.717) is 24.2 Å². The number of rotatable bonds is 4. The van der Waals surface area contributed by atoms with Crippen LogP contribution in [0.4, 0.5) is 0 Å². The number of ether oxygens (including phenoxy) is 1. The molecular weight excluding hydrogens is 162 g/mol. The predicted octanol–water partition coefficient (Wildman–Crippen LogP) is 2.19. The molecule has 78 valence electrons. The Bertz CT molecular complexity index is 147. The van der Waals surface area contributed by atoms with Gasteiger partial charge in [-0.05, 0) is 32.6 Å². The van der Waals surface area contributed by atoms with Gasteiger partial charge in [-0.25, -0.2) is 0 Å². The lowest BCUT2D eigenvalue weighted by atomic mass is 10.1. The van der Waals surface area contributed by atoms with Crippen LogP contribution >= 0.6 is 0 Å². The van der Waals surface area contributed by atoms with E-state index in [4.69, 9.17) is 4.74 Å². The lowest BCUT2D eigenvalue weighted by Gasteiger charge is -2.20. The van der Waals surface area contributed by atoms with Crippen LogP contribution in [-0.2, 0) is 4.74 Å². The van der Waals surface area contributed by atoms with E-state index in [-0.39, 0.29) is 0 Å². The van der Waals surface area contributed by atoms with Crippen LogP contribution in [0.5, 0.6) is 0 Å². The van der Waals surface area contributed by atoms with Crippen LogP contribution in [0.2, 0.25) is 0 Å². The normalized spacial score (nSPS) is 31.2. The van der Waals surface area contributed by atoms with Crippen molar-refractivity contribution >= 4 is 0 Å². The van der Waals surface area contributed by atoms with Crippen LogP contribution in [-0.4, -0.2) is 24.8 Å². The molecular formula is C11H23NO. The zero-order valence-corrected chi connectivity index (χ0v) is 9.34. The third-order valence-corrected chi connectivity index (χ3v) is 2.99. The summed E-state index contributed by atoms with van der Waals surface area (Å²) in [5.74, 6) is 0.707. The Hall–Kier alpha value is -0.0800. The maximum absolute atomic E-state index is 5.73. The lowest BCUT2D eigenvalue weighted by Crippen LogP contribution is -2.36. The Morgan fingerprint density at radius 3 is 2.46 bits per heavy atom. The van der Waals surface area contributed by atoms with Crippen molar-refractivity contribution in [1.29, 1.82) is 0 Å². The third-order valence-electron chi connectivity index (χ3n) is 2.99. The Morgan fingerprint density at radius 1 is 1.31 bits per heavy atom. The van der Waals surface area contributed by atoms with Crippen LogP contribution in [0, 0.1) is 5.92 Å². The van der Waals surface area contributed by atoms with Crippen molar-refractivity contribution in [2.24, 2.45) is 5.92 Å². The predicted molar refractivity (Wildman–Crippen MR) is 55.9 cm³/mol. The Labute approximate surface area is 82.0 Å². The van der Waals surface area contributed by atoms with Gasteiger partial charge in [0.1, 0.15) is 0 Å². The number of nitrogens with one attached hydrogen (secondary N) is 1. The van der Waals surface area contributed by atoms with Gasteiger partial charge in [0.2, 0.25) is 0 Å². The second kappa shape index (κ2) is 4.97. The molecule has 0 radical (unpaired) electrons. The van der Waals surface area contributed by atoms with Crippen LogP contribution in [0.1, 0.15) is 40.5 Å². The molecule has 0 aromatic heterocycles. The van der Waals surface area contributed by atoms with Crippen molar-refractivity contribution in [2.75, 3.05) is 6.54 Å². The summed E-state index contributed by atoms with van der Waals surface area (Å²) in [4.78, 5) is 0. The molecule has 1 N–H and O–H groups in total. The van der Waals surface area contributed by atoms with Gasteiger partial charge < -0.3 is 10.1 Å². The molecule has 1 heterocycles. The van der Waals surface area contributed by atoms with E-state index < -0.39 is 0 Å². The van der Waals surface area contributed by atoms with Gasteiger partial charge in [0.25, 0.3) is 0 Å². The Kier molecular flexibility index (Phi) is 4.20. The zero-order chi connectivity index (χ0) is 9.84. The van der Waals surface area contributed by atoms with Crippen molar-refractivity contribution in [2.45, 2.75) is 58.8 Å². The molecule has 3 unspecified atom stereocenters. The molecule has 1 fully saturated rings. The fourth-order valence-electron chi connectivity index (χ4n) is 1.59. The number of hydrogen-bond donors (Lipinski definition) is 1. The maximum Gasteiger partial charge on any atom is 0.0704 e. The minimum Gasteiger partial charge on any atom is -0.374 e. The lowest BCUT2D eigenvalue weighted by molar-refractivity contribution is 0.0537. The van der Waals surface area contributed by atoms with E-state index >= 15 is 0 Å². The van der Waals surface area contributed by atoms with Crippen molar-refractivity contribution in [3.63, 3.8) is 0 Å². The fourth-order valence-corrected chi connectivity index (χ4v) is 1.59. The highest BCUT2D eigenvalue weighted by atomic mass is 16.5. The van der Waals surface area contributed by atoms with Crippen molar-refractivity contribution in [3.05, 3.63) is 0 Å². The van der Waals surface area contributed by atoms with Crippen molar-refractivity contribution in [3.8, 4) is 0 Å². The zero-order valence-electron chi connectivity index (χ0n) is 9.34. The molecule has 0 bridgehead atoms. The van der Waals surface area contributed by atoms with E-state index in [2.05, 4.69) is 33.0 Å². The van der Waals surface area contributed by atoms with E-state index in [9.17, 15) is 0 Å². The average Bonchev–Trinajstić information content (AvgIpc) is 2.47. The van der Waals surface area contributed by atoms with E-state index in [1.165, 1.54) is 12.8 Å². The number of hydrogen-bond acceptors (Lipinski definition) is 2. The molecule has 2 heteroatoms. The molecule has 0 spiro atoms. The first-order valence-corrected chi connectivity index (χ1v) is 5.48. The second-order valence-corrected chi connectivity index (χ2v) is 4.59. The minimum atomic E-state index is 0.455. The van der Waals surface area contributed by atoms with Gasteiger partial charge in [0, 0.05) is 12.6 Å². The molecule has 1 aliphatic heterocycles. The summed E-state index contributed by atoms with van der Waals surface area (Å²) in [7, 11) is 0. The topological polar surface area (TPSA) is 21.3 Å². The monoisotopic (exact) mass is 185 g/mol. The third kappa shape index (κ3) is 3.65. The minimum absolute atomic E-state index is 0.455. The van der Waals surface area contributed by atoms with Gasteiger partial charge in [-0.2, -0.15) is 0 Å². The molecule has 0 aromatic rings. The fraction of sp³-hybridized carbons (Fsp3) is 1.00. The Balaban J connectivity index is 2.12. The first-order valence-electron chi connectivity index (χ1n) is 5.48. The largest absolute Gasteiger partial charge is 0.374 e. The average molecular weight is 185 g/mol. The molecule has 13 heavy (non-hydrogen) atoms. The molecule has 1 rings (SSSR count). The highest BCUT2D eigenvalue weighted by Gasteiger charge is 2.21. The summed E-state index contributed by atoms with van der Waals surface area (Å²) < 4.78 is 5.73. The van der Waals surface area contributed by atoms with Crippen molar-refractivity contribution < 1.29 is 4.74 Å². The summed E-state index contributed by atoms with van der Waals surface area (Å²) in [5.41, 5.74) is 0. The van der Waals surface area contributed by atoms with E-state index in [1.54, 1.807) is 0 Å². The maximum atomic E-state index is 5.73. The molecule has 0 amide bonds. The van der Waals surface area contributed by atoms with Crippen LogP contribution < -0.4 is 5.32 Å². The van der Waals surface area contributed by atoms with Crippen LogP contribution in [0.3, 0.4) is 0 Å². The summed E-state index contributed by atoms with van der Waals surface area (Å²) in [6, 6.07) is 0.597. The van der Waals surface area contributed by atoms with Gasteiger partial charge >= 0.3 is 0 Å². The molecule has 0 saturated carbocycles. The second-order valence-electron chi connectivity index (χ2n) is 4.59. The highest BCUT2D eigenvalue weighted by molar-refractivity contribution is 4.74. The summed E-state index contributed by atoms with van der Waals surface area (Å²) in [5, 5.41) is 3.52. The van der Waals surface area contributed by atoms with Crippen LogP contribution in [0.15, 0.2) is 0 Å². The summed E-state index contributed by atoms with van der Waals surface area (Å²) >= 11 is 0. The smallest absolute Gasteiger partial charge is 0.0704 e. The van der Waals surface area contributed by atoms with Gasteiger partial charge in [-0.1, -0.05) is 13.8 Å². The quantitative estimate of drug-likeness (QED) is 0.725. The first-order chi connectivity index (χ1) is 6.09. The molecule has 1 saturated heterocycles. The van der Waals surface area contributed by atoms with E-state index in [1.807, 2.05) is 0 Å². The van der Waals surface area contributed by atoms with Crippen molar-refractivity contribution in [1.82, 2.24) is 5.32 Å². The van der Waals surface area contributed by atoms with Gasteiger partial charge in [-0.15, -0.1) is 0 Å². The SMILES string of the molecule is CC1CCC(CNC(C)C(C)C)O1. The van der Waals surface area contributed by atoms with Gasteiger partial charge in [-0.3, -0.25) is 0 Å². The summed E-state index contributed by atoms with van der Waals surface area (Å²) in [6.07, 6.45) is 3.37.